The summed E-state index contributed by atoms with van der Waals surface area (Å²) in [6, 6.07) is 0. The summed E-state index contributed by atoms with van der Waals surface area (Å²) in [5, 5.41) is 5.98. The quantitative estimate of drug-likeness (QED) is 0.234. The molecular weight excluding hydrogens is 308 g/mol. The van der Waals surface area contributed by atoms with E-state index in [1.54, 1.807) is 11.8 Å². The highest BCUT2D eigenvalue weighted by molar-refractivity contribution is 8.22. The number of esters is 1. The summed E-state index contributed by atoms with van der Waals surface area (Å²) < 4.78 is 5.50. The van der Waals surface area contributed by atoms with Crippen molar-refractivity contribution in [2.45, 2.75) is 6.92 Å². The van der Waals surface area contributed by atoms with Gasteiger partial charge in [0.15, 0.2) is 0 Å². The number of nitrogens with one attached hydrogen (secondary N) is 2. The van der Waals surface area contributed by atoms with Crippen molar-refractivity contribution in [1.29, 1.82) is 0 Å². The number of hydrogen-bond acceptors (Lipinski definition) is 5. The summed E-state index contributed by atoms with van der Waals surface area (Å²) in [4.78, 5) is 9.84. The summed E-state index contributed by atoms with van der Waals surface area (Å²) in [7, 11) is 1.31. The number of thiol groups is 1. The van der Waals surface area contributed by atoms with Gasteiger partial charge in [0.2, 0.25) is 0 Å². The standard InChI is InChI=1S/C6H12N2S4.C4H6O2/c1-2-12-6(11)8-4-3-7-5(9)10;1-3-4(5)6-2/h2-4H2,1H3,(H,8,11)(H2,7,9,10);3H,1H2,2H3. The van der Waals surface area contributed by atoms with Gasteiger partial charge in [-0.1, -0.05) is 49.7 Å². The molecule has 0 radical (unpaired) electrons. The zero-order valence-electron chi connectivity index (χ0n) is 10.4. The fraction of sp³-hybridized carbons (Fsp3) is 0.500. The molecule has 0 fully saturated rings. The van der Waals surface area contributed by atoms with Crippen LogP contribution in [0.4, 0.5) is 0 Å². The van der Waals surface area contributed by atoms with E-state index >= 15 is 0 Å². The molecule has 0 aromatic carbocycles. The molecule has 0 spiro atoms. The van der Waals surface area contributed by atoms with Gasteiger partial charge in [-0.05, 0) is 5.75 Å². The molecule has 0 aromatic rings. The molecule has 0 saturated carbocycles. The van der Waals surface area contributed by atoms with Gasteiger partial charge in [0.1, 0.15) is 8.64 Å². The molecule has 0 unspecified atom stereocenters. The molecule has 4 nitrogen and oxygen atoms in total. The number of thiocarbonyl (C=S) groups is 2. The van der Waals surface area contributed by atoms with Crippen LogP contribution in [0.3, 0.4) is 0 Å². The lowest BCUT2D eigenvalue weighted by Gasteiger charge is -2.06. The van der Waals surface area contributed by atoms with Gasteiger partial charge >= 0.3 is 5.97 Å². The van der Waals surface area contributed by atoms with Crippen LogP contribution < -0.4 is 10.6 Å². The summed E-state index contributed by atoms with van der Waals surface area (Å²) in [6.45, 7) is 6.77. The molecule has 0 aliphatic rings. The highest BCUT2D eigenvalue weighted by atomic mass is 32.2. The summed E-state index contributed by atoms with van der Waals surface area (Å²) in [5.74, 6) is 0.611. The van der Waals surface area contributed by atoms with Crippen LogP contribution in [0.1, 0.15) is 6.92 Å². The molecule has 0 rings (SSSR count). The van der Waals surface area contributed by atoms with Crippen molar-refractivity contribution in [1.82, 2.24) is 10.6 Å². The Morgan fingerprint density at radius 1 is 1.44 bits per heavy atom. The van der Waals surface area contributed by atoms with Crippen LogP contribution in [0.5, 0.6) is 0 Å². The van der Waals surface area contributed by atoms with E-state index in [0.29, 0.717) is 4.32 Å². The van der Waals surface area contributed by atoms with E-state index < -0.39 is 5.97 Å². The Kier molecular flexibility index (Phi) is 16.4. The Bertz CT molecular complexity index is 285. The van der Waals surface area contributed by atoms with E-state index in [1.807, 2.05) is 0 Å². The number of carbonyl (C=O) groups is 1. The molecule has 8 heteroatoms. The van der Waals surface area contributed by atoms with Gasteiger partial charge in [-0.2, -0.15) is 0 Å². The van der Waals surface area contributed by atoms with Crippen LogP contribution in [0.2, 0.25) is 0 Å². The third kappa shape index (κ3) is 18.1. The monoisotopic (exact) mass is 326 g/mol. The number of hydrogen-bond donors (Lipinski definition) is 3. The van der Waals surface area contributed by atoms with Crippen molar-refractivity contribution in [3.05, 3.63) is 12.7 Å². The highest BCUT2D eigenvalue weighted by Gasteiger charge is 1.93. The average molecular weight is 327 g/mol. The molecule has 0 amide bonds. The van der Waals surface area contributed by atoms with E-state index in [0.717, 1.165) is 29.2 Å². The van der Waals surface area contributed by atoms with Gasteiger partial charge in [-0.15, -0.1) is 12.6 Å². The van der Waals surface area contributed by atoms with Gasteiger partial charge in [0, 0.05) is 19.2 Å². The third-order valence-corrected chi connectivity index (χ3v) is 2.81. The maximum atomic E-state index is 9.84. The summed E-state index contributed by atoms with van der Waals surface area (Å²) in [5.41, 5.74) is 0. The maximum absolute atomic E-state index is 9.84. The Hall–Kier alpha value is -0.310. The van der Waals surface area contributed by atoms with Crippen molar-refractivity contribution in [3.63, 3.8) is 0 Å². The fourth-order valence-corrected chi connectivity index (χ4v) is 1.74. The first kappa shape index (κ1) is 20.0. The van der Waals surface area contributed by atoms with Gasteiger partial charge in [0.05, 0.1) is 7.11 Å². The number of carbonyl (C=O) groups excluding carboxylic acids is 1. The molecule has 0 aliphatic heterocycles. The second kappa shape index (κ2) is 14.7. The number of ether oxygens (including phenoxy) is 1. The molecule has 18 heavy (non-hydrogen) atoms. The van der Waals surface area contributed by atoms with E-state index in [2.05, 4.69) is 41.5 Å². The average Bonchev–Trinajstić information content (AvgIpc) is 2.34. The van der Waals surface area contributed by atoms with E-state index in [9.17, 15) is 4.79 Å². The van der Waals surface area contributed by atoms with Crippen LogP contribution in [-0.2, 0) is 9.53 Å². The van der Waals surface area contributed by atoms with Crippen LogP contribution in [0.25, 0.3) is 0 Å². The Labute approximate surface area is 129 Å². The first-order valence-corrected chi connectivity index (χ1v) is 7.30. The van der Waals surface area contributed by atoms with Crippen molar-refractivity contribution < 1.29 is 9.53 Å². The molecule has 0 aliphatic carbocycles. The zero-order chi connectivity index (χ0) is 14.4. The van der Waals surface area contributed by atoms with Crippen LogP contribution in [0.15, 0.2) is 12.7 Å². The normalized spacial score (nSPS) is 8.39. The minimum absolute atomic E-state index is 0.394. The summed E-state index contributed by atoms with van der Waals surface area (Å²) >= 11 is 15.3. The van der Waals surface area contributed by atoms with E-state index in [4.69, 9.17) is 24.4 Å². The van der Waals surface area contributed by atoms with E-state index in [-0.39, 0.29) is 0 Å². The number of methoxy groups -OCH3 is 1. The lowest BCUT2D eigenvalue weighted by molar-refractivity contribution is -0.134. The van der Waals surface area contributed by atoms with E-state index in [1.165, 1.54) is 7.11 Å². The predicted octanol–water partition coefficient (Wildman–Crippen LogP) is 1.76. The maximum Gasteiger partial charge on any atom is 0.329 e. The van der Waals surface area contributed by atoms with Crippen molar-refractivity contribution in [2.24, 2.45) is 0 Å². The first-order valence-electron chi connectivity index (χ1n) is 5.05. The van der Waals surface area contributed by atoms with Crippen LogP contribution >= 0.6 is 48.8 Å². The fourth-order valence-electron chi connectivity index (χ4n) is 0.599. The lowest BCUT2D eigenvalue weighted by Crippen LogP contribution is -2.30. The molecular formula is C10H18N2O2S4. The van der Waals surface area contributed by atoms with Crippen LogP contribution in [0, 0.1) is 0 Å². The second-order valence-electron chi connectivity index (χ2n) is 2.61. The Balaban J connectivity index is 0. The molecule has 0 heterocycles. The van der Waals surface area contributed by atoms with Gasteiger partial charge in [0.25, 0.3) is 0 Å². The van der Waals surface area contributed by atoms with Gasteiger partial charge < -0.3 is 15.4 Å². The highest BCUT2D eigenvalue weighted by Crippen LogP contribution is 1.98. The molecule has 104 valence electrons. The summed E-state index contributed by atoms with van der Waals surface area (Å²) in [6.07, 6.45) is 1.11. The Morgan fingerprint density at radius 3 is 2.33 bits per heavy atom. The number of rotatable bonds is 5. The van der Waals surface area contributed by atoms with Crippen molar-refractivity contribution in [2.75, 3.05) is 26.0 Å². The minimum atomic E-state index is -0.394. The largest absolute Gasteiger partial charge is 0.466 e. The van der Waals surface area contributed by atoms with Gasteiger partial charge in [-0.25, -0.2) is 4.79 Å². The van der Waals surface area contributed by atoms with Crippen molar-refractivity contribution >= 4 is 63.4 Å². The third-order valence-electron chi connectivity index (χ3n) is 1.31. The predicted molar refractivity (Wildman–Crippen MR) is 90.5 cm³/mol. The number of thioether (sulfide) groups is 1. The molecule has 0 aromatic heterocycles. The zero-order valence-corrected chi connectivity index (χ0v) is 13.7. The van der Waals surface area contributed by atoms with Crippen LogP contribution in [-0.4, -0.2) is 40.6 Å². The Morgan fingerprint density at radius 2 is 2.00 bits per heavy atom. The topological polar surface area (TPSA) is 50.4 Å². The molecule has 0 saturated heterocycles. The molecule has 0 atom stereocenters. The van der Waals surface area contributed by atoms with Crippen molar-refractivity contribution in [3.8, 4) is 0 Å². The molecule has 0 bridgehead atoms. The first-order chi connectivity index (χ1) is 8.47. The smallest absolute Gasteiger partial charge is 0.329 e. The van der Waals surface area contributed by atoms with Gasteiger partial charge in [-0.3, -0.25) is 0 Å². The second-order valence-corrected chi connectivity index (χ2v) is 5.71. The minimum Gasteiger partial charge on any atom is -0.466 e. The SMILES string of the molecule is C=CC(=O)OC.CCSC(=S)NCCNC(=S)S. The lowest BCUT2D eigenvalue weighted by atomic mass is 10.6. The molecule has 2 N–H and O–H groups in total.